The maximum Gasteiger partial charge on any atom is 0.306 e. The molecule has 3 aromatic rings. The van der Waals surface area contributed by atoms with Gasteiger partial charge in [0.2, 0.25) is 6.79 Å². The monoisotopic (exact) mass is 398 g/mol. The molecule has 29 heavy (non-hydrogen) atoms. The van der Waals surface area contributed by atoms with Crippen molar-refractivity contribution >= 4 is 16.9 Å². The van der Waals surface area contributed by atoms with Crippen LogP contribution >= 0.6 is 0 Å². The summed E-state index contributed by atoms with van der Waals surface area (Å²) in [6.07, 6.45) is -0.296. The minimum atomic E-state index is -1.01. The summed E-state index contributed by atoms with van der Waals surface area (Å²) < 4.78 is 15.4. The second-order valence-electron chi connectivity index (χ2n) is 6.76. The number of pyridine rings is 2. The average molecular weight is 398 g/mol. The van der Waals surface area contributed by atoms with Crippen LogP contribution in [0, 0.1) is 6.92 Å². The number of aromatic nitrogens is 2. The van der Waals surface area contributed by atoms with E-state index in [1.54, 1.807) is 25.1 Å². The van der Waals surface area contributed by atoms with Crippen LogP contribution in [0.2, 0.25) is 0 Å². The Bertz CT molecular complexity index is 1240. The number of aromatic amines is 2. The molecule has 0 unspecified atom stereocenters. The van der Waals surface area contributed by atoms with Crippen LogP contribution < -0.4 is 20.6 Å². The lowest BCUT2D eigenvalue weighted by Gasteiger charge is -2.17. The van der Waals surface area contributed by atoms with E-state index in [1.165, 1.54) is 13.2 Å². The van der Waals surface area contributed by atoms with Crippen LogP contribution in [0.15, 0.2) is 33.9 Å². The number of aromatic hydroxyl groups is 1. The number of carbonyl (C=O) groups excluding carboxylic acids is 1. The fourth-order valence-electron chi connectivity index (χ4n) is 3.51. The van der Waals surface area contributed by atoms with E-state index in [9.17, 15) is 19.5 Å². The van der Waals surface area contributed by atoms with E-state index in [2.05, 4.69) is 9.97 Å². The van der Waals surface area contributed by atoms with Crippen LogP contribution in [0.1, 0.15) is 29.2 Å². The van der Waals surface area contributed by atoms with Crippen LogP contribution in [0.25, 0.3) is 10.9 Å². The summed E-state index contributed by atoms with van der Waals surface area (Å²) in [5.41, 5.74) is -0.0423. The highest BCUT2D eigenvalue weighted by atomic mass is 16.7. The molecule has 0 saturated heterocycles. The first-order valence-corrected chi connectivity index (χ1v) is 8.83. The standard InChI is InChI=1S/C20H18N2O7/c1-9-3-14(23)18(20(26)21-9)11(6-17(24)27-2)12-4-10-5-15-16(29-8-28-15)7-13(10)22-19(12)25/h3-5,7,11H,6,8H2,1-2H3,(H,22,25)(H2,21,23,26)/t11-/m0/s1. The number of esters is 1. The van der Waals surface area contributed by atoms with Crippen LogP contribution in [0.3, 0.4) is 0 Å². The SMILES string of the molecule is COC(=O)C[C@@H](c1cc2cc3c(cc2[nH]c1=O)OCO3)c1c(O)cc(C)[nH]c1=O. The van der Waals surface area contributed by atoms with Crippen LogP contribution in [-0.4, -0.2) is 34.9 Å². The van der Waals surface area contributed by atoms with Crippen molar-refractivity contribution in [3.05, 3.63) is 61.8 Å². The molecule has 0 saturated carbocycles. The van der Waals surface area contributed by atoms with E-state index in [4.69, 9.17) is 14.2 Å². The zero-order chi connectivity index (χ0) is 20.7. The first-order valence-electron chi connectivity index (χ1n) is 8.83. The summed E-state index contributed by atoms with van der Waals surface area (Å²) in [5.74, 6) is -0.897. The molecule has 1 aromatic carbocycles. The Morgan fingerprint density at radius 3 is 2.55 bits per heavy atom. The van der Waals surface area contributed by atoms with Gasteiger partial charge < -0.3 is 29.3 Å². The summed E-state index contributed by atoms with van der Waals surface area (Å²) in [6.45, 7) is 1.70. The Morgan fingerprint density at radius 2 is 1.86 bits per heavy atom. The van der Waals surface area contributed by atoms with Crippen LogP contribution in [0.5, 0.6) is 17.2 Å². The quantitative estimate of drug-likeness (QED) is 0.570. The van der Waals surface area contributed by atoms with Gasteiger partial charge in [-0.15, -0.1) is 0 Å². The van der Waals surface area contributed by atoms with Gasteiger partial charge in [0.25, 0.3) is 11.1 Å². The van der Waals surface area contributed by atoms with Crippen LogP contribution in [0.4, 0.5) is 0 Å². The van der Waals surface area contributed by atoms with Gasteiger partial charge in [-0.3, -0.25) is 14.4 Å². The summed E-state index contributed by atoms with van der Waals surface area (Å²) >= 11 is 0. The molecule has 3 N–H and O–H groups in total. The Labute approximate surface area is 163 Å². The van der Waals surface area contributed by atoms with Crippen molar-refractivity contribution < 1.29 is 24.1 Å². The topological polar surface area (TPSA) is 131 Å². The number of nitrogens with one attached hydrogen (secondary N) is 2. The molecular weight excluding hydrogens is 380 g/mol. The molecule has 1 atom stereocenters. The molecule has 9 nitrogen and oxygen atoms in total. The second-order valence-corrected chi connectivity index (χ2v) is 6.76. The lowest BCUT2D eigenvalue weighted by atomic mass is 9.88. The normalized spacial score (nSPS) is 13.4. The molecule has 3 heterocycles. The predicted octanol–water partition coefficient (Wildman–Crippen LogP) is 1.65. The molecule has 0 amide bonds. The van der Waals surface area contributed by atoms with Crippen molar-refractivity contribution in [3.63, 3.8) is 0 Å². The van der Waals surface area contributed by atoms with Gasteiger partial charge >= 0.3 is 5.97 Å². The average Bonchev–Trinajstić information content (AvgIpc) is 3.11. The smallest absolute Gasteiger partial charge is 0.306 e. The molecule has 4 rings (SSSR count). The number of hydrogen-bond donors (Lipinski definition) is 3. The number of rotatable bonds is 4. The number of ether oxygens (including phenoxy) is 3. The summed E-state index contributed by atoms with van der Waals surface area (Å²) in [5, 5.41) is 11.0. The molecule has 9 heteroatoms. The Morgan fingerprint density at radius 1 is 1.14 bits per heavy atom. The maximum absolute atomic E-state index is 12.8. The van der Waals surface area contributed by atoms with Crippen molar-refractivity contribution in [2.75, 3.05) is 13.9 Å². The highest BCUT2D eigenvalue weighted by Gasteiger charge is 2.28. The lowest BCUT2D eigenvalue weighted by molar-refractivity contribution is -0.140. The minimum absolute atomic E-state index is 0.0772. The zero-order valence-corrected chi connectivity index (χ0v) is 15.7. The van der Waals surface area contributed by atoms with Gasteiger partial charge in [-0.1, -0.05) is 0 Å². The van der Waals surface area contributed by atoms with Crippen molar-refractivity contribution in [1.29, 1.82) is 0 Å². The zero-order valence-electron chi connectivity index (χ0n) is 15.7. The molecule has 1 aliphatic rings. The first kappa shape index (κ1) is 18.6. The van der Waals surface area contributed by atoms with Crippen LogP contribution in [-0.2, 0) is 9.53 Å². The highest BCUT2D eigenvalue weighted by molar-refractivity contribution is 5.84. The fourth-order valence-corrected chi connectivity index (χ4v) is 3.51. The van der Waals surface area contributed by atoms with E-state index < -0.39 is 23.0 Å². The number of carbonyl (C=O) groups is 1. The van der Waals surface area contributed by atoms with E-state index >= 15 is 0 Å². The van der Waals surface area contributed by atoms with Crippen molar-refractivity contribution in [2.24, 2.45) is 0 Å². The largest absolute Gasteiger partial charge is 0.507 e. The molecule has 0 bridgehead atoms. The molecule has 0 radical (unpaired) electrons. The van der Waals surface area contributed by atoms with E-state index in [-0.39, 0.29) is 30.1 Å². The van der Waals surface area contributed by atoms with Crippen molar-refractivity contribution in [3.8, 4) is 17.2 Å². The predicted molar refractivity (Wildman–Crippen MR) is 103 cm³/mol. The van der Waals surface area contributed by atoms with Gasteiger partial charge in [-0.2, -0.15) is 0 Å². The summed E-state index contributed by atoms with van der Waals surface area (Å²) in [7, 11) is 1.21. The second kappa shape index (κ2) is 7.01. The number of hydrogen-bond acceptors (Lipinski definition) is 7. The summed E-state index contributed by atoms with van der Waals surface area (Å²) in [4.78, 5) is 42.8. The molecular formula is C20H18N2O7. The number of H-pyrrole nitrogens is 2. The van der Waals surface area contributed by atoms with Gasteiger partial charge in [-0.05, 0) is 25.1 Å². The van der Waals surface area contributed by atoms with Gasteiger partial charge in [0, 0.05) is 28.6 Å². The maximum atomic E-state index is 12.8. The van der Waals surface area contributed by atoms with E-state index in [0.29, 0.717) is 28.1 Å². The highest BCUT2D eigenvalue weighted by Crippen LogP contribution is 2.37. The number of methoxy groups -OCH3 is 1. The fraction of sp³-hybridized carbons (Fsp3) is 0.250. The molecule has 1 aliphatic heterocycles. The first-order chi connectivity index (χ1) is 13.9. The third kappa shape index (κ3) is 3.31. The molecule has 0 aliphatic carbocycles. The minimum Gasteiger partial charge on any atom is -0.507 e. The van der Waals surface area contributed by atoms with E-state index in [0.717, 1.165) is 0 Å². The van der Waals surface area contributed by atoms with Crippen molar-refractivity contribution in [2.45, 2.75) is 19.3 Å². The number of aryl methyl sites for hydroxylation is 1. The Hall–Kier alpha value is -3.75. The number of fused-ring (bicyclic) bond motifs is 2. The van der Waals surface area contributed by atoms with Gasteiger partial charge in [0.1, 0.15) is 5.75 Å². The van der Waals surface area contributed by atoms with Crippen molar-refractivity contribution in [1.82, 2.24) is 9.97 Å². The molecule has 2 aromatic heterocycles. The molecule has 0 fully saturated rings. The van der Waals surface area contributed by atoms with E-state index in [1.807, 2.05) is 0 Å². The van der Waals surface area contributed by atoms with Gasteiger partial charge in [0.15, 0.2) is 11.5 Å². The lowest BCUT2D eigenvalue weighted by Crippen LogP contribution is -2.25. The Kier molecular flexibility index (Phi) is 4.50. The third-order valence-electron chi connectivity index (χ3n) is 4.87. The van der Waals surface area contributed by atoms with Gasteiger partial charge in [-0.25, -0.2) is 0 Å². The van der Waals surface area contributed by atoms with Gasteiger partial charge in [0.05, 0.1) is 24.6 Å². The third-order valence-corrected chi connectivity index (χ3v) is 4.87. The summed E-state index contributed by atoms with van der Waals surface area (Å²) in [6, 6.07) is 6.29. The Balaban J connectivity index is 1.93. The molecule has 150 valence electrons. The molecule has 0 spiro atoms. The number of benzene rings is 1.